The summed E-state index contributed by atoms with van der Waals surface area (Å²) in [5.41, 5.74) is 3.93. The second-order valence-electron chi connectivity index (χ2n) is 11.9. The lowest BCUT2D eigenvalue weighted by Gasteiger charge is -2.25. The topological polar surface area (TPSA) is 55.4 Å². The average Bonchev–Trinajstić information content (AvgIpc) is 3.14. The SMILES string of the molecule is COCCOc1c(-c2c3ccccc3cc3ccccc23)cc(-c2c3ccccc3cc3ccccc23)c(OCCOC)c1OCCOC. The third-order valence-electron chi connectivity index (χ3n) is 8.87. The summed E-state index contributed by atoms with van der Waals surface area (Å²) in [6.45, 7) is 2.14. The maximum Gasteiger partial charge on any atom is 0.204 e. The molecule has 0 spiro atoms. The van der Waals surface area contributed by atoms with Crippen molar-refractivity contribution >= 4 is 43.1 Å². The second kappa shape index (κ2) is 15.0. The van der Waals surface area contributed by atoms with Gasteiger partial charge >= 0.3 is 0 Å². The summed E-state index contributed by atoms with van der Waals surface area (Å²) in [4.78, 5) is 0. The first-order valence-electron chi connectivity index (χ1n) is 16.6. The zero-order valence-electron chi connectivity index (χ0n) is 28.2. The van der Waals surface area contributed by atoms with Crippen molar-refractivity contribution in [2.75, 3.05) is 61.0 Å². The number of benzene rings is 7. The van der Waals surface area contributed by atoms with Crippen LogP contribution in [0.4, 0.5) is 0 Å². The molecule has 248 valence electrons. The van der Waals surface area contributed by atoms with Crippen molar-refractivity contribution in [2.24, 2.45) is 0 Å². The van der Waals surface area contributed by atoms with Gasteiger partial charge in [0.2, 0.25) is 5.75 Å². The first-order chi connectivity index (χ1) is 24.2. The van der Waals surface area contributed by atoms with E-state index in [4.69, 9.17) is 28.4 Å². The zero-order chi connectivity index (χ0) is 33.6. The summed E-state index contributed by atoms with van der Waals surface area (Å²) in [5, 5.41) is 9.00. The maximum absolute atomic E-state index is 6.70. The molecule has 0 unspecified atom stereocenters. The summed E-state index contributed by atoms with van der Waals surface area (Å²) < 4.78 is 36.5. The predicted molar refractivity (Wildman–Crippen MR) is 199 cm³/mol. The van der Waals surface area contributed by atoms with Crippen molar-refractivity contribution in [3.8, 4) is 39.5 Å². The van der Waals surface area contributed by atoms with Crippen molar-refractivity contribution in [3.63, 3.8) is 0 Å². The van der Waals surface area contributed by atoms with Crippen molar-refractivity contribution in [2.45, 2.75) is 0 Å². The van der Waals surface area contributed by atoms with Crippen LogP contribution in [0, 0.1) is 0 Å². The van der Waals surface area contributed by atoms with Gasteiger partial charge in [0.05, 0.1) is 19.8 Å². The largest absolute Gasteiger partial charge is 0.486 e. The second-order valence-corrected chi connectivity index (χ2v) is 11.9. The molecule has 49 heavy (non-hydrogen) atoms. The molecule has 0 atom stereocenters. The number of methoxy groups -OCH3 is 3. The minimum Gasteiger partial charge on any atom is -0.486 e. The Balaban J connectivity index is 1.66. The third-order valence-corrected chi connectivity index (χ3v) is 8.87. The molecule has 0 aromatic heterocycles. The highest BCUT2D eigenvalue weighted by Gasteiger charge is 2.28. The maximum atomic E-state index is 6.70. The Kier molecular flexibility index (Phi) is 9.89. The van der Waals surface area contributed by atoms with Gasteiger partial charge in [-0.3, -0.25) is 0 Å². The summed E-state index contributed by atoms with van der Waals surface area (Å²) >= 11 is 0. The minimum atomic E-state index is 0.299. The first kappa shape index (κ1) is 32.4. The number of fused-ring (bicyclic) bond motifs is 4. The summed E-state index contributed by atoms with van der Waals surface area (Å²) in [5.74, 6) is 1.71. The van der Waals surface area contributed by atoms with Crippen LogP contribution < -0.4 is 14.2 Å². The van der Waals surface area contributed by atoms with Gasteiger partial charge in [-0.2, -0.15) is 0 Å². The zero-order valence-corrected chi connectivity index (χ0v) is 28.2. The van der Waals surface area contributed by atoms with Crippen LogP contribution in [0.2, 0.25) is 0 Å². The first-order valence-corrected chi connectivity index (χ1v) is 16.6. The van der Waals surface area contributed by atoms with Crippen molar-refractivity contribution in [1.82, 2.24) is 0 Å². The minimum absolute atomic E-state index is 0.299. The average molecular weight is 653 g/mol. The fraction of sp³-hybridized carbons (Fsp3) is 0.209. The van der Waals surface area contributed by atoms with E-state index in [9.17, 15) is 0 Å². The molecule has 0 radical (unpaired) electrons. The standard InChI is InChI=1S/C43H40O6/c1-44-20-23-47-41-37(39-33-16-8-4-12-29(33)26-30-13-5-9-17-34(30)39)28-38(42(48-24-21-45-2)43(41)49-25-22-46-3)40-35-18-10-6-14-31(35)27-32-15-7-11-19-36(32)40/h4-19,26-28H,20-25H2,1-3H3. The van der Waals surface area contributed by atoms with Crippen LogP contribution in [0.3, 0.4) is 0 Å². The van der Waals surface area contributed by atoms with E-state index in [0.717, 1.165) is 65.3 Å². The van der Waals surface area contributed by atoms with Gasteiger partial charge in [-0.25, -0.2) is 0 Å². The van der Waals surface area contributed by atoms with Crippen LogP contribution in [0.15, 0.2) is 115 Å². The predicted octanol–water partition coefficient (Wildman–Crippen LogP) is 9.71. The molecule has 6 nitrogen and oxygen atoms in total. The molecular formula is C43H40O6. The molecule has 0 aliphatic carbocycles. The van der Waals surface area contributed by atoms with Crippen LogP contribution in [-0.2, 0) is 14.2 Å². The van der Waals surface area contributed by atoms with Crippen LogP contribution in [0.1, 0.15) is 0 Å². The number of hydrogen-bond acceptors (Lipinski definition) is 6. The van der Waals surface area contributed by atoms with Crippen LogP contribution in [0.5, 0.6) is 17.2 Å². The van der Waals surface area contributed by atoms with Gasteiger partial charge in [-0.1, -0.05) is 97.1 Å². The molecule has 0 amide bonds. The molecule has 0 aliphatic rings. The lowest BCUT2D eigenvalue weighted by atomic mass is 9.86. The highest BCUT2D eigenvalue weighted by Crippen LogP contribution is 2.54. The Morgan fingerprint density at radius 1 is 0.347 bits per heavy atom. The molecule has 7 rings (SSSR count). The monoisotopic (exact) mass is 652 g/mol. The van der Waals surface area contributed by atoms with Gasteiger partial charge in [0, 0.05) is 43.6 Å². The molecule has 0 bridgehead atoms. The quantitative estimate of drug-likeness (QED) is 0.0862. The molecule has 0 heterocycles. The van der Waals surface area contributed by atoms with Crippen molar-refractivity contribution in [1.29, 1.82) is 0 Å². The van der Waals surface area contributed by atoms with E-state index in [1.54, 1.807) is 21.3 Å². The van der Waals surface area contributed by atoms with Gasteiger partial charge in [0.1, 0.15) is 19.8 Å². The van der Waals surface area contributed by atoms with E-state index in [-0.39, 0.29) is 0 Å². The van der Waals surface area contributed by atoms with E-state index < -0.39 is 0 Å². The van der Waals surface area contributed by atoms with E-state index >= 15 is 0 Å². The third kappa shape index (κ3) is 6.39. The number of ether oxygens (including phenoxy) is 6. The Morgan fingerprint density at radius 3 is 0.980 bits per heavy atom. The highest BCUT2D eigenvalue weighted by atomic mass is 16.6. The van der Waals surface area contributed by atoms with E-state index in [1.165, 1.54) is 0 Å². The molecule has 0 aliphatic heterocycles. The van der Waals surface area contributed by atoms with Gasteiger partial charge < -0.3 is 28.4 Å². The molecule has 0 saturated carbocycles. The molecule has 7 aromatic rings. The lowest BCUT2D eigenvalue weighted by molar-refractivity contribution is 0.124. The number of rotatable bonds is 14. The van der Waals surface area contributed by atoms with Gasteiger partial charge in [0.25, 0.3) is 0 Å². The fourth-order valence-electron chi connectivity index (χ4n) is 6.70. The smallest absolute Gasteiger partial charge is 0.204 e. The Bertz CT molecular complexity index is 1980. The highest BCUT2D eigenvalue weighted by molar-refractivity contribution is 6.17. The fourth-order valence-corrected chi connectivity index (χ4v) is 6.70. The molecule has 0 fully saturated rings. The normalized spacial score (nSPS) is 11.5. The molecular weight excluding hydrogens is 612 g/mol. The van der Waals surface area contributed by atoms with Crippen LogP contribution in [0.25, 0.3) is 65.3 Å². The van der Waals surface area contributed by atoms with Gasteiger partial charge in [-0.05, 0) is 61.3 Å². The lowest BCUT2D eigenvalue weighted by Crippen LogP contribution is -2.13. The molecule has 6 heteroatoms. The van der Waals surface area contributed by atoms with Crippen molar-refractivity contribution in [3.05, 3.63) is 115 Å². The van der Waals surface area contributed by atoms with Gasteiger partial charge in [-0.15, -0.1) is 0 Å². The molecule has 7 aromatic carbocycles. The summed E-state index contributed by atoms with van der Waals surface area (Å²) in [6.07, 6.45) is 0. The summed E-state index contributed by atoms with van der Waals surface area (Å²) in [7, 11) is 5.01. The van der Waals surface area contributed by atoms with Crippen LogP contribution in [-0.4, -0.2) is 61.0 Å². The van der Waals surface area contributed by atoms with E-state index in [2.05, 4.69) is 115 Å². The van der Waals surface area contributed by atoms with Gasteiger partial charge in [0.15, 0.2) is 11.5 Å². The number of hydrogen-bond donors (Lipinski definition) is 0. The Hall–Kier alpha value is -5.14. The summed E-state index contributed by atoms with van der Waals surface area (Å²) in [6, 6.07) is 40.7. The van der Waals surface area contributed by atoms with Crippen molar-refractivity contribution < 1.29 is 28.4 Å². The Morgan fingerprint density at radius 2 is 0.653 bits per heavy atom. The molecule has 0 N–H and O–H groups in total. The molecule has 0 saturated heterocycles. The van der Waals surface area contributed by atoms with E-state index in [1.807, 2.05) is 0 Å². The van der Waals surface area contributed by atoms with Crippen LogP contribution >= 0.6 is 0 Å². The van der Waals surface area contributed by atoms with E-state index in [0.29, 0.717) is 56.9 Å². The Labute approximate surface area is 286 Å².